The van der Waals surface area contributed by atoms with Gasteiger partial charge in [-0.1, -0.05) is 286 Å². The molecule has 12 nitrogen and oxygen atoms in total. The van der Waals surface area contributed by atoms with Gasteiger partial charge in [0.1, 0.15) is 0 Å². The second-order valence-corrected chi connectivity index (χ2v) is 41.5. The van der Waals surface area contributed by atoms with Crippen LogP contribution < -0.4 is 10.8 Å². The summed E-state index contributed by atoms with van der Waals surface area (Å²) in [6, 6.07) is 99.6. The number of rotatable bonds is 12. The number of carbonyl (C=O) groups is 1. The molecule has 1 atom stereocenters. The van der Waals surface area contributed by atoms with Crippen molar-refractivity contribution in [2.45, 2.75) is 42.4 Å². The largest absolute Gasteiger partial charge is 0.489 e. The van der Waals surface area contributed by atoms with E-state index in [2.05, 4.69) is 303 Å². The number of thiophene rings is 3. The molecule has 123 heavy (non-hydrogen) atoms. The van der Waals surface area contributed by atoms with E-state index in [0.717, 1.165) is 88.8 Å². The molecule has 14 aromatic carbocycles. The van der Waals surface area contributed by atoms with Crippen LogP contribution in [0.15, 0.2) is 334 Å². The van der Waals surface area contributed by atoms with E-state index in [9.17, 15) is 4.21 Å². The summed E-state index contributed by atoms with van der Waals surface area (Å²) in [5.41, 5.74) is 9.15. The molecule has 0 aliphatic carbocycles. The summed E-state index contributed by atoms with van der Waals surface area (Å²) in [6.07, 6.45) is 0. The maximum atomic E-state index is 12.1. The van der Waals surface area contributed by atoms with Crippen molar-refractivity contribution in [3.63, 3.8) is 0 Å². The first-order valence-corrected chi connectivity index (χ1v) is 50.7. The topological polar surface area (TPSA) is 222 Å². The molecule has 17 aromatic rings. The van der Waals surface area contributed by atoms with Gasteiger partial charge in [-0.2, -0.15) is 8.42 Å². The van der Waals surface area contributed by atoms with E-state index >= 15 is 0 Å². The molecule has 3 aromatic heterocycles. The molecule has 0 spiro atoms. The SMILES string of the molecule is CC(=O)O.CCS(=O)c1ccc(Br)cc1-c1ccccc1Cl.CCSc1ccc(Br)cc1-c1ccccc1Cl.CCSc1ccc(Br)cc1I.Clc1cccc2sc3ccc(Br)cc3c12.Clc1cccc2sc3ccc(Br)cc3c12.O=S(=O)(O)O.OB(O)c1ccccc1Cl.OO.c1ccc(-c2ccc(Nc3ccc4sc5ccccc5c4c3)cc2)cc1. The van der Waals surface area contributed by atoms with Crippen molar-refractivity contribution in [2.75, 3.05) is 22.6 Å². The zero-order chi connectivity index (χ0) is 89.5. The van der Waals surface area contributed by atoms with Gasteiger partial charge in [0, 0.05) is 172 Å². The highest BCUT2D eigenvalue weighted by molar-refractivity contribution is 14.1. The van der Waals surface area contributed by atoms with Crippen molar-refractivity contribution in [3.05, 3.63) is 348 Å². The van der Waals surface area contributed by atoms with E-state index in [1.54, 1.807) is 46.9 Å². The molecule has 31 heteroatoms. The molecule has 636 valence electrons. The third kappa shape index (κ3) is 31.8. The second-order valence-electron chi connectivity index (χ2n) is 25.3. The zero-order valence-electron chi connectivity index (χ0n) is 65.3. The number of nitrogens with one attached hydrogen (secondary N) is 1. The minimum absolute atomic E-state index is 0.337. The Morgan fingerprint density at radius 2 is 0.805 bits per heavy atom. The highest BCUT2D eigenvalue weighted by Gasteiger charge is 2.17. The Kier molecular flexibility index (Phi) is 43.4. The summed E-state index contributed by atoms with van der Waals surface area (Å²) >= 11 is 59.4. The van der Waals surface area contributed by atoms with Gasteiger partial charge in [-0.05, 0) is 221 Å². The van der Waals surface area contributed by atoms with Crippen molar-refractivity contribution in [2.24, 2.45) is 0 Å². The van der Waals surface area contributed by atoms with Crippen molar-refractivity contribution in [1.82, 2.24) is 0 Å². The number of carboxylic acids is 1. The molecule has 0 fully saturated rings. The fourth-order valence-electron chi connectivity index (χ4n) is 11.7. The number of hydrogen-bond acceptors (Lipinski definition) is 14. The lowest BCUT2D eigenvalue weighted by Crippen LogP contribution is -2.30. The van der Waals surface area contributed by atoms with Crippen LogP contribution in [0.4, 0.5) is 11.4 Å². The first-order chi connectivity index (χ1) is 58.9. The lowest BCUT2D eigenvalue weighted by atomic mass is 9.80. The average Bonchev–Trinajstić information content (AvgIpc) is 1.68. The second kappa shape index (κ2) is 52.0. The van der Waals surface area contributed by atoms with E-state index in [1.807, 2.05) is 133 Å². The monoisotopic (exact) mass is 2300 g/mol. The van der Waals surface area contributed by atoms with Gasteiger partial charge in [0.2, 0.25) is 0 Å². The molecule has 1 unspecified atom stereocenters. The lowest BCUT2D eigenvalue weighted by molar-refractivity contribution is -0.176. The van der Waals surface area contributed by atoms with Crippen molar-refractivity contribution >= 4 is 329 Å². The summed E-state index contributed by atoms with van der Waals surface area (Å²) in [5, 5.41) is 51.2. The van der Waals surface area contributed by atoms with Crippen LogP contribution >= 0.6 is 218 Å². The minimum Gasteiger partial charge on any atom is -0.481 e. The first-order valence-electron chi connectivity index (χ1n) is 36.7. The summed E-state index contributed by atoms with van der Waals surface area (Å²) in [4.78, 5) is 12.5. The van der Waals surface area contributed by atoms with Gasteiger partial charge in [0.15, 0.2) is 0 Å². The molecular formula is C92H75BBr5Cl5INO11S7. The number of anilines is 2. The van der Waals surface area contributed by atoms with Crippen molar-refractivity contribution < 1.29 is 52.2 Å². The maximum Gasteiger partial charge on any atom is 0.489 e. The highest BCUT2D eigenvalue weighted by Crippen LogP contribution is 2.43. The van der Waals surface area contributed by atoms with Crippen LogP contribution in [-0.4, -0.2) is 77.7 Å². The maximum absolute atomic E-state index is 12.1. The average molecular weight is 2310 g/mol. The Morgan fingerprint density at radius 1 is 0.423 bits per heavy atom. The highest BCUT2D eigenvalue weighted by atomic mass is 127. The minimum atomic E-state index is -4.67. The van der Waals surface area contributed by atoms with Gasteiger partial charge in [-0.25, -0.2) is 0 Å². The van der Waals surface area contributed by atoms with Crippen LogP contribution in [0.25, 0.3) is 93.9 Å². The van der Waals surface area contributed by atoms with Gasteiger partial charge < -0.3 is 20.5 Å². The number of thioether (sulfide) groups is 2. The van der Waals surface area contributed by atoms with Gasteiger partial charge in [-0.3, -0.25) is 28.6 Å². The van der Waals surface area contributed by atoms with Crippen molar-refractivity contribution in [1.29, 1.82) is 0 Å². The summed E-state index contributed by atoms with van der Waals surface area (Å²) in [5.74, 6) is 1.95. The van der Waals surface area contributed by atoms with Gasteiger partial charge in [0.25, 0.3) is 5.97 Å². The Hall–Kier alpha value is -5.79. The summed E-state index contributed by atoms with van der Waals surface area (Å²) in [6.45, 7) is 7.32. The molecule has 0 radical (unpaired) electrons. The van der Waals surface area contributed by atoms with Crippen molar-refractivity contribution in [3.8, 4) is 33.4 Å². The fraction of sp³-hybridized carbons (Fsp3) is 0.0761. The molecule has 0 saturated heterocycles. The Bertz CT molecular complexity index is 6400. The quantitative estimate of drug-likeness (QED) is 0.0142. The zero-order valence-corrected chi connectivity index (χ0v) is 84.9. The van der Waals surface area contributed by atoms with Crippen LogP contribution in [0, 0.1) is 3.57 Å². The number of carboxylic acid groups (broad SMARTS) is 1. The Morgan fingerprint density at radius 3 is 1.31 bits per heavy atom. The predicted octanol–water partition coefficient (Wildman–Crippen LogP) is 32.8. The normalized spacial score (nSPS) is 10.8. The first kappa shape index (κ1) is 103. The van der Waals surface area contributed by atoms with E-state index in [0.29, 0.717) is 21.3 Å². The molecule has 0 bridgehead atoms. The fourth-order valence-corrected chi connectivity index (χ4v) is 22.0. The van der Waals surface area contributed by atoms with E-state index in [4.69, 9.17) is 106 Å². The molecule has 3 heterocycles. The van der Waals surface area contributed by atoms with Gasteiger partial charge >= 0.3 is 17.5 Å². The Labute approximate surface area is 818 Å². The molecule has 0 saturated carbocycles. The summed E-state index contributed by atoms with van der Waals surface area (Å²) in [7, 11) is -7.14. The number of fused-ring (bicyclic) bond motifs is 9. The molecule has 8 N–H and O–H groups in total. The van der Waals surface area contributed by atoms with Gasteiger partial charge in [-0.15, -0.1) is 57.5 Å². The third-order valence-corrected chi connectivity index (χ3v) is 28.9. The van der Waals surface area contributed by atoms with E-state index < -0.39 is 34.3 Å². The smallest absolute Gasteiger partial charge is 0.481 e. The van der Waals surface area contributed by atoms with E-state index in [1.165, 1.54) is 90.6 Å². The number of benzene rings is 14. The molecule has 17 rings (SSSR count). The van der Waals surface area contributed by atoms with Crippen LogP contribution in [0.5, 0.6) is 0 Å². The number of aliphatic carboxylic acids is 1. The lowest BCUT2D eigenvalue weighted by Gasteiger charge is -2.10. The summed E-state index contributed by atoms with van der Waals surface area (Å²) < 4.78 is 58.1. The van der Waals surface area contributed by atoms with Crippen LogP contribution in [0.1, 0.15) is 27.7 Å². The van der Waals surface area contributed by atoms with Gasteiger partial charge in [0.05, 0.1) is 10.8 Å². The number of hydrogen-bond donors (Lipinski definition) is 8. The van der Waals surface area contributed by atoms with E-state index in [-0.39, 0.29) is 0 Å². The third-order valence-electron chi connectivity index (χ3n) is 16.9. The van der Waals surface area contributed by atoms with Crippen LogP contribution in [-0.2, 0) is 26.0 Å². The molecule has 0 aliphatic heterocycles. The van der Waals surface area contributed by atoms with Crippen LogP contribution in [0.2, 0.25) is 25.1 Å². The Balaban J connectivity index is 0.000000178. The van der Waals surface area contributed by atoms with Crippen LogP contribution in [0.3, 0.4) is 0 Å². The predicted molar refractivity (Wildman–Crippen MR) is 558 cm³/mol. The molecular weight excluding hydrogens is 2230 g/mol. The standard InChI is InChI=1S/C24H17NS.C14H12BrClOS.C14H12BrClS.2C12H6BrClS.C8H8BrIS.C6H6BClO2.C2H4O2.H2O4S.H2O2/c1-2-6-17(7-3-1)18-10-12-19(13-11-18)25-20-14-15-24-22(16-20)21-8-4-5-9-23(21)26-24;1-2-18(17)14-8-7-10(15)9-12(14)11-5-3-4-6-13(11)16;1-2-17-14-8-7-10(15)9-12(14)11-5-3-4-6-13(11)16;2*13-7-4-5-10-8(6-7)12-9(14)2-1-3-11(12)15-10;1-2-11-8-4-3-6(9)5-7(8)10;8-6-4-2-1-3-5(6)7(9)10;1-2(3)4;1-5(2,3)4;1-2/h1-16,25H;3-9H,2H2,1H3;3-9H,2H2,1H3;2*1-6H;3-5H,2H2,1H3;1-4,9-10H;1H3,(H,3,4);(H2,1,2,3,4);1-2H. The molecule has 0 amide bonds. The number of halogens is 11. The molecule has 0 aliphatic rings.